The Labute approximate surface area is 185 Å². The lowest BCUT2D eigenvalue weighted by Gasteiger charge is -2.61. The van der Waals surface area contributed by atoms with E-state index >= 15 is 0 Å². The Kier molecular flexibility index (Phi) is 5.30. The largest absolute Gasteiger partial charge is 0.374 e. The third-order valence-electron chi connectivity index (χ3n) is 11.4. The van der Waals surface area contributed by atoms with Crippen LogP contribution in [0.2, 0.25) is 0 Å². The molecule has 0 spiro atoms. The first-order valence-corrected chi connectivity index (χ1v) is 13.9. The van der Waals surface area contributed by atoms with Crippen molar-refractivity contribution in [3.05, 3.63) is 0 Å². The summed E-state index contributed by atoms with van der Waals surface area (Å²) in [6, 6.07) is 0. The fourth-order valence-corrected chi connectivity index (χ4v) is 10.5. The van der Waals surface area contributed by atoms with Gasteiger partial charge in [-0.15, -0.1) is 0 Å². The molecule has 0 aliphatic heterocycles. The second kappa shape index (κ2) is 7.75. The van der Waals surface area contributed by atoms with Crippen LogP contribution in [-0.4, -0.2) is 24.4 Å². The standard InChI is InChI=1S/C28H46O2/c1-3-27(23-11-19-9-20(13-23)14-24(27)12-19)29-7-5-6-8-30-28(4-2)25-15-21-10-22(17-25)18-26(28)16-21/h19-26H,3-18H2,1-2H3. The van der Waals surface area contributed by atoms with Crippen molar-refractivity contribution < 1.29 is 9.47 Å². The normalized spacial score (nSPS) is 53.0. The second-order valence-electron chi connectivity index (χ2n) is 12.6. The molecule has 8 aliphatic rings. The van der Waals surface area contributed by atoms with E-state index in [4.69, 9.17) is 9.47 Å². The Morgan fingerprint density at radius 2 is 0.800 bits per heavy atom. The third-order valence-corrected chi connectivity index (χ3v) is 11.4. The lowest BCUT2D eigenvalue weighted by molar-refractivity contribution is -0.212. The Morgan fingerprint density at radius 3 is 1.07 bits per heavy atom. The van der Waals surface area contributed by atoms with Crippen LogP contribution in [0, 0.1) is 47.3 Å². The van der Waals surface area contributed by atoms with Crippen molar-refractivity contribution in [3.63, 3.8) is 0 Å². The maximum absolute atomic E-state index is 6.84. The number of hydrogen-bond acceptors (Lipinski definition) is 2. The highest BCUT2D eigenvalue weighted by atomic mass is 16.5. The molecule has 8 bridgehead atoms. The maximum atomic E-state index is 6.84. The molecule has 0 aromatic rings. The monoisotopic (exact) mass is 414 g/mol. The van der Waals surface area contributed by atoms with Crippen LogP contribution < -0.4 is 0 Å². The smallest absolute Gasteiger partial charge is 0.0736 e. The van der Waals surface area contributed by atoms with E-state index in [0.717, 1.165) is 60.6 Å². The van der Waals surface area contributed by atoms with Gasteiger partial charge in [-0.3, -0.25) is 0 Å². The summed E-state index contributed by atoms with van der Waals surface area (Å²) in [6.45, 7) is 6.75. The van der Waals surface area contributed by atoms with Gasteiger partial charge in [-0.25, -0.2) is 0 Å². The molecule has 8 saturated carbocycles. The van der Waals surface area contributed by atoms with E-state index in [1.165, 1.54) is 89.9 Å². The molecule has 2 heteroatoms. The summed E-state index contributed by atoms with van der Waals surface area (Å²) in [7, 11) is 0. The van der Waals surface area contributed by atoms with Crippen molar-refractivity contribution in [3.8, 4) is 0 Å². The van der Waals surface area contributed by atoms with Gasteiger partial charge in [0.25, 0.3) is 0 Å². The minimum Gasteiger partial charge on any atom is -0.374 e. The molecule has 0 radical (unpaired) electrons. The van der Waals surface area contributed by atoms with Gasteiger partial charge in [-0.1, -0.05) is 13.8 Å². The predicted octanol–water partition coefficient (Wildman–Crippen LogP) is 7.01. The zero-order valence-electron chi connectivity index (χ0n) is 19.7. The van der Waals surface area contributed by atoms with Crippen LogP contribution in [0.15, 0.2) is 0 Å². The van der Waals surface area contributed by atoms with E-state index in [2.05, 4.69) is 13.8 Å². The number of unbranched alkanes of at least 4 members (excludes halogenated alkanes) is 1. The van der Waals surface area contributed by atoms with E-state index in [0.29, 0.717) is 0 Å². The van der Waals surface area contributed by atoms with Crippen molar-refractivity contribution in [1.82, 2.24) is 0 Å². The van der Waals surface area contributed by atoms with Crippen molar-refractivity contribution in [2.24, 2.45) is 47.3 Å². The molecule has 0 aromatic carbocycles. The van der Waals surface area contributed by atoms with Crippen LogP contribution in [0.1, 0.15) is 104 Å². The first-order chi connectivity index (χ1) is 14.6. The molecule has 0 N–H and O–H groups in total. The number of rotatable bonds is 9. The highest BCUT2D eigenvalue weighted by Gasteiger charge is 2.58. The summed E-state index contributed by atoms with van der Waals surface area (Å²) in [6.07, 6.45) is 19.7. The molecule has 8 aliphatic carbocycles. The fourth-order valence-electron chi connectivity index (χ4n) is 10.5. The molecule has 0 heterocycles. The summed E-state index contributed by atoms with van der Waals surface area (Å²) in [4.78, 5) is 0. The van der Waals surface area contributed by atoms with Crippen LogP contribution in [-0.2, 0) is 9.47 Å². The molecule has 0 atom stereocenters. The van der Waals surface area contributed by atoms with Gasteiger partial charge in [0.15, 0.2) is 0 Å². The van der Waals surface area contributed by atoms with Crippen LogP contribution in [0.4, 0.5) is 0 Å². The summed E-state index contributed by atoms with van der Waals surface area (Å²) >= 11 is 0. The van der Waals surface area contributed by atoms with Crippen LogP contribution >= 0.6 is 0 Å². The van der Waals surface area contributed by atoms with Crippen molar-refractivity contribution in [1.29, 1.82) is 0 Å². The first-order valence-electron chi connectivity index (χ1n) is 13.9. The molecule has 0 saturated heterocycles. The van der Waals surface area contributed by atoms with Gasteiger partial charge >= 0.3 is 0 Å². The summed E-state index contributed by atoms with van der Waals surface area (Å²) in [5, 5.41) is 0. The van der Waals surface area contributed by atoms with Crippen LogP contribution in [0.25, 0.3) is 0 Å². The quantitative estimate of drug-likeness (QED) is 0.378. The third kappa shape index (κ3) is 3.09. The second-order valence-corrected chi connectivity index (χ2v) is 12.6. The summed E-state index contributed by atoms with van der Waals surface area (Å²) < 4.78 is 13.7. The Morgan fingerprint density at radius 1 is 0.500 bits per heavy atom. The Balaban J connectivity index is 0.998. The van der Waals surface area contributed by atoms with E-state index in [-0.39, 0.29) is 11.2 Å². The van der Waals surface area contributed by atoms with E-state index < -0.39 is 0 Å². The van der Waals surface area contributed by atoms with Crippen molar-refractivity contribution >= 4 is 0 Å². The minimum absolute atomic E-state index is 0.236. The molecule has 0 amide bonds. The number of ether oxygens (including phenoxy) is 2. The van der Waals surface area contributed by atoms with Gasteiger partial charge in [0.05, 0.1) is 11.2 Å². The minimum atomic E-state index is 0.236. The van der Waals surface area contributed by atoms with Gasteiger partial charge in [-0.05, 0) is 137 Å². The molecule has 2 nitrogen and oxygen atoms in total. The van der Waals surface area contributed by atoms with Gasteiger partial charge in [0, 0.05) is 13.2 Å². The molecule has 170 valence electrons. The van der Waals surface area contributed by atoms with Gasteiger partial charge in [-0.2, -0.15) is 0 Å². The van der Waals surface area contributed by atoms with E-state index in [9.17, 15) is 0 Å². The Hall–Kier alpha value is -0.0800. The molecule has 0 aromatic heterocycles. The van der Waals surface area contributed by atoms with Crippen molar-refractivity contribution in [2.75, 3.05) is 13.2 Å². The lowest BCUT2D eigenvalue weighted by Crippen LogP contribution is -2.59. The van der Waals surface area contributed by atoms with Crippen LogP contribution in [0.3, 0.4) is 0 Å². The fraction of sp³-hybridized carbons (Fsp3) is 1.00. The maximum Gasteiger partial charge on any atom is 0.0736 e. The zero-order chi connectivity index (χ0) is 20.3. The highest BCUT2D eigenvalue weighted by molar-refractivity contribution is 5.08. The highest BCUT2D eigenvalue weighted by Crippen LogP contribution is 2.61. The average Bonchev–Trinajstić information content (AvgIpc) is 2.73. The molecule has 30 heavy (non-hydrogen) atoms. The van der Waals surface area contributed by atoms with Gasteiger partial charge < -0.3 is 9.47 Å². The number of hydrogen-bond donors (Lipinski definition) is 0. The molecular weight excluding hydrogens is 368 g/mol. The summed E-state index contributed by atoms with van der Waals surface area (Å²) in [5.74, 6) is 7.62. The Bertz CT molecular complexity index is 514. The average molecular weight is 415 g/mol. The predicted molar refractivity (Wildman–Crippen MR) is 121 cm³/mol. The molecule has 0 unspecified atom stereocenters. The summed E-state index contributed by atoms with van der Waals surface area (Å²) in [5.41, 5.74) is 0.473. The van der Waals surface area contributed by atoms with Crippen LogP contribution in [0.5, 0.6) is 0 Å². The SMILES string of the molecule is CCC1(OCCCCOC2(CC)C3CC4CC(C3)CC2C4)C2CC3CC(C2)CC1C3. The lowest BCUT2D eigenvalue weighted by atomic mass is 9.49. The van der Waals surface area contributed by atoms with E-state index in [1.54, 1.807) is 0 Å². The topological polar surface area (TPSA) is 18.5 Å². The molecular formula is C28H46O2. The zero-order valence-corrected chi connectivity index (χ0v) is 19.7. The molecule has 8 rings (SSSR count). The van der Waals surface area contributed by atoms with Gasteiger partial charge in [0.2, 0.25) is 0 Å². The van der Waals surface area contributed by atoms with E-state index in [1.807, 2.05) is 0 Å². The van der Waals surface area contributed by atoms with Gasteiger partial charge in [0.1, 0.15) is 0 Å². The van der Waals surface area contributed by atoms with Crippen molar-refractivity contribution in [2.45, 2.75) is 115 Å². The first kappa shape index (κ1) is 20.5. The molecule has 8 fully saturated rings.